The summed E-state index contributed by atoms with van der Waals surface area (Å²) >= 11 is 0. The lowest BCUT2D eigenvalue weighted by Crippen LogP contribution is -2.28. The van der Waals surface area contributed by atoms with Gasteiger partial charge in [0.25, 0.3) is 0 Å². The monoisotopic (exact) mass is 417 g/mol. The van der Waals surface area contributed by atoms with Crippen LogP contribution < -0.4 is 5.32 Å². The van der Waals surface area contributed by atoms with Crippen LogP contribution in [0.15, 0.2) is 48.5 Å². The van der Waals surface area contributed by atoms with Crippen molar-refractivity contribution in [3.05, 3.63) is 71.2 Å². The normalized spacial score (nSPS) is 15.7. The van der Waals surface area contributed by atoms with Crippen molar-refractivity contribution in [2.75, 3.05) is 5.32 Å². The van der Waals surface area contributed by atoms with Crippen LogP contribution in [-0.4, -0.2) is 15.6 Å². The van der Waals surface area contributed by atoms with Gasteiger partial charge in [-0.05, 0) is 54.3 Å². The third kappa shape index (κ3) is 3.81. The highest BCUT2D eigenvalue weighted by molar-refractivity contribution is 6.03. The molecule has 1 aliphatic carbocycles. The van der Waals surface area contributed by atoms with E-state index in [1.54, 1.807) is 16.8 Å². The van der Waals surface area contributed by atoms with E-state index >= 15 is 0 Å². The number of fused-ring (bicyclic) bond motifs is 1. The molecule has 8 heteroatoms. The Morgan fingerprint density at radius 1 is 1.07 bits per heavy atom. The van der Waals surface area contributed by atoms with Gasteiger partial charge in [0, 0.05) is 12.1 Å². The van der Waals surface area contributed by atoms with E-state index in [-0.39, 0.29) is 22.7 Å². The predicted molar refractivity (Wildman–Crippen MR) is 105 cm³/mol. The molecule has 0 radical (unpaired) electrons. The third-order valence-corrected chi connectivity index (χ3v) is 5.07. The topological polar surface area (TPSA) is 46.9 Å². The van der Waals surface area contributed by atoms with Gasteiger partial charge in [0.2, 0.25) is 0 Å². The zero-order chi connectivity index (χ0) is 21.7. The first kappa shape index (κ1) is 20.1. The molecule has 0 bridgehead atoms. The van der Waals surface area contributed by atoms with Crippen LogP contribution in [0.1, 0.15) is 41.9 Å². The first-order valence-corrected chi connectivity index (χ1v) is 9.39. The molecule has 0 spiro atoms. The van der Waals surface area contributed by atoms with Gasteiger partial charge in [0.05, 0.1) is 22.5 Å². The Kier molecular flexibility index (Phi) is 4.67. The van der Waals surface area contributed by atoms with E-state index in [4.69, 9.17) is 0 Å². The Balaban J connectivity index is 1.81. The molecule has 1 N–H and O–H groups in total. The molecule has 0 amide bonds. The SMILES string of the molecule is CC1(C)CC(=O)c2c(Nc3cccc(C(F)(F)F)c3)nn(-c3ccc(F)cc3)c2C1. The van der Waals surface area contributed by atoms with Gasteiger partial charge in [-0.15, -0.1) is 5.10 Å². The minimum atomic E-state index is -4.48. The summed E-state index contributed by atoms with van der Waals surface area (Å²) in [6.45, 7) is 3.94. The van der Waals surface area contributed by atoms with E-state index in [1.165, 1.54) is 24.3 Å². The van der Waals surface area contributed by atoms with Crippen LogP contribution in [-0.2, 0) is 12.6 Å². The number of nitrogens with one attached hydrogen (secondary N) is 1. The van der Waals surface area contributed by atoms with E-state index in [0.717, 1.165) is 12.1 Å². The van der Waals surface area contributed by atoms with Gasteiger partial charge in [-0.25, -0.2) is 9.07 Å². The molecule has 0 unspecified atom stereocenters. The maximum absolute atomic E-state index is 13.4. The number of ketones is 1. The summed E-state index contributed by atoms with van der Waals surface area (Å²) in [7, 11) is 0. The standard InChI is InChI=1S/C22H19F4N3O/c1-21(2)11-17-19(18(30)12-21)20(28-29(17)16-8-6-14(23)7-9-16)27-15-5-3-4-13(10-15)22(24,25)26/h3-10H,11-12H2,1-2H3,(H,27,28). The van der Waals surface area contributed by atoms with E-state index in [0.29, 0.717) is 29.8 Å². The molecule has 0 atom stereocenters. The summed E-state index contributed by atoms with van der Waals surface area (Å²) in [5.74, 6) is -0.350. The summed E-state index contributed by atoms with van der Waals surface area (Å²) in [6.07, 6.45) is -3.64. The number of carbonyl (C=O) groups excluding carboxylic acids is 1. The van der Waals surface area contributed by atoms with Crippen LogP contribution in [0.25, 0.3) is 5.69 Å². The molecule has 30 heavy (non-hydrogen) atoms. The Morgan fingerprint density at radius 3 is 2.43 bits per heavy atom. The fourth-order valence-corrected chi connectivity index (χ4v) is 3.74. The summed E-state index contributed by atoms with van der Waals surface area (Å²) in [6, 6.07) is 10.4. The van der Waals surface area contributed by atoms with Crippen LogP contribution in [0.2, 0.25) is 0 Å². The fraction of sp³-hybridized carbons (Fsp3) is 0.273. The lowest BCUT2D eigenvalue weighted by Gasteiger charge is -2.29. The number of halogens is 4. The molecule has 0 saturated heterocycles. The summed E-state index contributed by atoms with van der Waals surface area (Å²) in [5, 5.41) is 7.35. The molecule has 1 aromatic heterocycles. The minimum Gasteiger partial charge on any atom is -0.338 e. The van der Waals surface area contributed by atoms with Crippen molar-refractivity contribution < 1.29 is 22.4 Å². The van der Waals surface area contributed by atoms with Crippen molar-refractivity contribution in [1.82, 2.24) is 9.78 Å². The van der Waals surface area contributed by atoms with Crippen molar-refractivity contribution in [2.24, 2.45) is 5.41 Å². The maximum atomic E-state index is 13.4. The van der Waals surface area contributed by atoms with Gasteiger partial charge in [-0.1, -0.05) is 19.9 Å². The van der Waals surface area contributed by atoms with Gasteiger partial charge in [0.1, 0.15) is 5.82 Å². The molecule has 4 rings (SSSR count). The molecular weight excluding hydrogens is 398 g/mol. The van der Waals surface area contributed by atoms with Crippen molar-refractivity contribution in [1.29, 1.82) is 0 Å². The number of hydrogen-bond acceptors (Lipinski definition) is 3. The second kappa shape index (κ2) is 6.97. The first-order chi connectivity index (χ1) is 14.0. The van der Waals surface area contributed by atoms with E-state index < -0.39 is 17.6 Å². The highest BCUT2D eigenvalue weighted by Gasteiger charge is 2.37. The number of nitrogens with zero attached hydrogens (tertiary/aromatic N) is 2. The summed E-state index contributed by atoms with van der Waals surface area (Å²) in [4.78, 5) is 12.9. The Morgan fingerprint density at radius 2 is 1.77 bits per heavy atom. The maximum Gasteiger partial charge on any atom is 0.416 e. The predicted octanol–water partition coefficient (Wildman–Crippen LogP) is 5.93. The first-order valence-electron chi connectivity index (χ1n) is 9.39. The highest BCUT2D eigenvalue weighted by Crippen LogP contribution is 2.40. The number of rotatable bonds is 3. The number of alkyl halides is 3. The van der Waals surface area contributed by atoms with Gasteiger partial charge in [-0.2, -0.15) is 13.2 Å². The van der Waals surface area contributed by atoms with Crippen LogP contribution >= 0.6 is 0 Å². The molecule has 0 saturated carbocycles. The summed E-state index contributed by atoms with van der Waals surface area (Å²) < 4.78 is 54.1. The van der Waals surface area contributed by atoms with E-state index in [1.807, 2.05) is 13.8 Å². The lowest BCUT2D eigenvalue weighted by atomic mass is 9.76. The number of benzene rings is 2. The van der Waals surface area contributed by atoms with Crippen molar-refractivity contribution in [3.63, 3.8) is 0 Å². The average molecular weight is 417 g/mol. The van der Waals surface area contributed by atoms with Gasteiger partial charge in [-0.3, -0.25) is 4.79 Å². The highest BCUT2D eigenvalue weighted by atomic mass is 19.4. The molecule has 1 aliphatic rings. The zero-order valence-corrected chi connectivity index (χ0v) is 16.3. The number of Topliss-reactive ketones (excluding diaryl/α,β-unsaturated/α-hetero) is 1. The van der Waals surface area contributed by atoms with Crippen molar-refractivity contribution >= 4 is 17.3 Å². The van der Waals surface area contributed by atoms with Crippen LogP contribution in [0.3, 0.4) is 0 Å². The van der Waals surface area contributed by atoms with Gasteiger partial charge in [0.15, 0.2) is 11.6 Å². The number of anilines is 2. The van der Waals surface area contributed by atoms with Gasteiger partial charge >= 0.3 is 6.18 Å². The van der Waals surface area contributed by atoms with E-state index in [2.05, 4.69) is 10.4 Å². The van der Waals surface area contributed by atoms with Crippen molar-refractivity contribution in [2.45, 2.75) is 32.9 Å². The molecule has 156 valence electrons. The van der Waals surface area contributed by atoms with Crippen LogP contribution in [0.5, 0.6) is 0 Å². The zero-order valence-electron chi connectivity index (χ0n) is 16.3. The van der Waals surface area contributed by atoms with E-state index in [9.17, 15) is 22.4 Å². The summed E-state index contributed by atoms with van der Waals surface area (Å²) in [5.41, 5.74) is 0.652. The molecular formula is C22H19F4N3O. The molecule has 0 fully saturated rings. The Labute approximate surface area is 170 Å². The molecule has 0 aliphatic heterocycles. The van der Waals surface area contributed by atoms with Crippen LogP contribution in [0.4, 0.5) is 29.1 Å². The Hall–Kier alpha value is -3.16. The number of carbonyl (C=O) groups is 1. The molecule has 3 aromatic rings. The quantitative estimate of drug-likeness (QED) is 0.538. The van der Waals surface area contributed by atoms with Gasteiger partial charge < -0.3 is 5.32 Å². The average Bonchev–Trinajstić information content (AvgIpc) is 2.99. The molecule has 2 aromatic carbocycles. The van der Waals surface area contributed by atoms with Crippen LogP contribution in [0, 0.1) is 11.2 Å². The lowest BCUT2D eigenvalue weighted by molar-refractivity contribution is -0.137. The second-order valence-electron chi connectivity index (χ2n) is 8.20. The Bertz CT molecular complexity index is 1110. The minimum absolute atomic E-state index is 0.135. The second-order valence-corrected chi connectivity index (χ2v) is 8.20. The molecule has 4 nitrogen and oxygen atoms in total. The molecule has 1 heterocycles. The number of hydrogen-bond donors (Lipinski definition) is 1. The largest absolute Gasteiger partial charge is 0.416 e. The fourth-order valence-electron chi connectivity index (χ4n) is 3.74. The third-order valence-electron chi connectivity index (χ3n) is 5.07. The number of aromatic nitrogens is 2. The smallest absolute Gasteiger partial charge is 0.338 e. The van der Waals surface area contributed by atoms with Crippen molar-refractivity contribution in [3.8, 4) is 5.69 Å².